The molecule has 0 bridgehead atoms. The van der Waals surface area contributed by atoms with E-state index in [0.717, 1.165) is 23.8 Å². The molecular weight excluding hydrogens is 258 g/mol. The highest BCUT2D eigenvalue weighted by Gasteiger charge is 2.20. The summed E-state index contributed by atoms with van der Waals surface area (Å²) in [5.41, 5.74) is 1.14. The number of halogens is 1. The van der Waals surface area contributed by atoms with Gasteiger partial charge in [0.2, 0.25) is 0 Å². The molecule has 0 aromatic heterocycles. The van der Waals surface area contributed by atoms with Crippen molar-refractivity contribution in [3.05, 3.63) is 29.3 Å². The zero-order valence-corrected chi connectivity index (χ0v) is 12.7. The fourth-order valence-electron chi connectivity index (χ4n) is 2.58. The van der Waals surface area contributed by atoms with E-state index in [-0.39, 0.29) is 0 Å². The number of likely N-dealkylation sites (N-methyl/N-ethyl adjacent to an activating group) is 1. The monoisotopic (exact) mass is 281 g/mol. The maximum atomic E-state index is 5.87. The van der Waals surface area contributed by atoms with Crippen molar-refractivity contribution in [3.63, 3.8) is 0 Å². The number of piperidine rings is 1. The second-order valence-electron chi connectivity index (χ2n) is 5.49. The van der Waals surface area contributed by atoms with Crippen LogP contribution in [0.1, 0.15) is 12.8 Å². The summed E-state index contributed by atoms with van der Waals surface area (Å²) in [4.78, 5) is 4.90. The average molecular weight is 282 g/mol. The molecule has 1 unspecified atom stereocenters. The average Bonchev–Trinajstić information content (AvgIpc) is 2.41. The van der Waals surface area contributed by atoms with Gasteiger partial charge in [0.05, 0.1) is 0 Å². The molecule has 0 amide bonds. The second kappa shape index (κ2) is 7.13. The minimum Gasteiger partial charge on any atom is -0.384 e. The summed E-state index contributed by atoms with van der Waals surface area (Å²) >= 11 is 5.87. The van der Waals surface area contributed by atoms with E-state index in [4.69, 9.17) is 11.6 Å². The van der Waals surface area contributed by atoms with Crippen LogP contribution in [0.4, 0.5) is 5.69 Å². The van der Waals surface area contributed by atoms with E-state index in [2.05, 4.69) is 29.2 Å². The van der Waals surface area contributed by atoms with Crippen molar-refractivity contribution in [1.82, 2.24) is 9.80 Å². The van der Waals surface area contributed by atoms with E-state index in [1.807, 2.05) is 24.3 Å². The largest absolute Gasteiger partial charge is 0.384 e. The Morgan fingerprint density at radius 3 is 2.74 bits per heavy atom. The second-order valence-corrected chi connectivity index (χ2v) is 5.93. The van der Waals surface area contributed by atoms with Crippen LogP contribution in [0.15, 0.2) is 24.3 Å². The van der Waals surface area contributed by atoms with Gasteiger partial charge >= 0.3 is 0 Å². The number of hydrogen-bond acceptors (Lipinski definition) is 3. The van der Waals surface area contributed by atoms with Gasteiger partial charge in [-0.1, -0.05) is 11.6 Å². The van der Waals surface area contributed by atoms with Crippen molar-refractivity contribution in [2.45, 2.75) is 18.9 Å². The summed E-state index contributed by atoms with van der Waals surface area (Å²) < 4.78 is 0. The molecule has 106 valence electrons. The molecule has 0 spiro atoms. The lowest BCUT2D eigenvalue weighted by molar-refractivity contribution is 0.137. The highest BCUT2D eigenvalue weighted by Crippen LogP contribution is 2.15. The van der Waals surface area contributed by atoms with Crippen LogP contribution in [0.2, 0.25) is 5.02 Å². The summed E-state index contributed by atoms with van der Waals surface area (Å²) in [7, 11) is 4.36. The van der Waals surface area contributed by atoms with Gasteiger partial charge in [-0.15, -0.1) is 0 Å². The minimum absolute atomic E-state index is 0.712. The fraction of sp³-hybridized carbons (Fsp3) is 0.600. The molecule has 1 aliphatic heterocycles. The molecule has 0 radical (unpaired) electrons. The Bertz CT molecular complexity index is 377. The zero-order chi connectivity index (χ0) is 13.7. The first-order valence-corrected chi connectivity index (χ1v) is 7.41. The van der Waals surface area contributed by atoms with Gasteiger partial charge in [0.25, 0.3) is 0 Å². The third kappa shape index (κ3) is 4.68. The Kier molecular flexibility index (Phi) is 5.49. The Balaban J connectivity index is 1.72. The molecule has 1 fully saturated rings. The molecular formula is C15H24ClN3. The molecule has 1 N–H and O–H groups in total. The Labute approximate surface area is 121 Å². The quantitative estimate of drug-likeness (QED) is 0.895. The predicted octanol–water partition coefficient (Wildman–Crippen LogP) is 2.78. The van der Waals surface area contributed by atoms with Crippen LogP contribution in [-0.4, -0.2) is 56.1 Å². The molecule has 1 heterocycles. The van der Waals surface area contributed by atoms with E-state index >= 15 is 0 Å². The van der Waals surface area contributed by atoms with Crippen LogP contribution in [0, 0.1) is 0 Å². The van der Waals surface area contributed by atoms with Crippen molar-refractivity contribution in [2.24, 2.45) is 0 Å². The molecule has 0 aliphatic carbocycles. The van der Waals surface area contributed by atoms with Crippen molar-refractivity contribution >= 4 is 17.3 Å². The number of nitrogens with one attached hydrogen (secondary N) is 1. The summed E-state index contributed by atoms with van der Waals surface area (Å²) in [6.45, 7) is 4.51. The standard InChI is InChI=1S/C15H24ClN3/c1-18(2)15-4-3-10-19(12-15)11-9-17-14-7-5-13(16)6-8-14/h5-8,15,17H,3-4,9-12H2,1-2H3. The lowest BCUT2D eigenvalue weighted by Crippen LogP contribution is -2.46. The van der Waals surface area contributed by atoms with Crippen LogP contribution >= 0.6 is 11.6 Å². The van der Waals surface area contributed by atoms with Crippen molar-refractivity contribution in [2.75, 3.05) is 45.6 Å². The Morgan fingerprint density at radius 2 is 2.05 bits per heavy atom. The number of anilines is 1. The first-order valence-electron chi connectivity index (χ1n) is 7.03. The fourth-order valence-corrected chi connectivity index (χ4v) is 2.71. The van der Waals surface area contributed by atoms with Crippen LogP contribution in [0.25, 0.3) is 0 Å². The first-order chi connectivity index (χ1) is 9.15. The number of nitrogens with zero attached hydrogens (tertiary/aromatic N) is 2. The molecule has 2 rings (SSSR count). The van der Waals surface area contributed by atoms with Crippen molar-refractivity contribution in [1.29, 1.82) is 0 Å². The van der Waals surface area contributed by atoms with E-state index in [0.29, 0.717) is 6.04 Å². The SMILES string of the molecule is CN(C)C1CCCN(CCNc2ccc(Cl)cc2)C1. The summed E-state index contributed by atoms with van der Waals surface area (Å²) in [5, 5.41) is 4.24. The predicted molar refractivity (Wildman–Crippen MR) is 83.1 cm³/mol. The van der Waals surface area contributed by atoms with E-state index < -0.39 is 0 Å². The van der Waals surface area contributed by atoms with Crippen LogP contribution in [-0.2, 0) is 0 Å². The van der Waals surface area contributed by atoms with Crippen LogP contribution in [0.3, 0.4) is 0 Å². The molecule has 1 atom stereocenters. The van der Waals surface area contributed by atoms with Crippen molar-refractivity contribution in [3.8, 4) is 0 Å². The highest BCUT2D eigenvalue weighted by molar-refractivity contribution is 6.30. The van der Waals surface area contributed by atoms with Gasteiger partial charge in [-0.05, 0) is 57.7 Å². The lowest BCUT2D eigenvalue weighted by atomic mass is 10.1. The van der Waals surface area contributed by atoms with Gasteiger partial charge in [-0.3, -0.25) is 0 Å². The maximum Gasteiger partial charge on any atom is 0.0407 e. The van der Waals surface area contributed by atoms with Crippen molar-refractivity contribution < 1.29 is 0 Å². The summed E-state index contributed by atoms with van der Waals surface area (Å²) in [6.07, 6.45) is 2.64. The summed E-state index contributed by atoms with van der Waals surface area (Å²) in [6, 6.07) is 8.62. The number of hydrogen-bond donors (Lipinski definition) is 1. The molecule has 3 nitrogen and oxygen atoms in total. The molecule has 19 heavy (non-hydrogen) atoms. The Hall–Kier alpha value is -0.770. The van der Waals surface area contributed by atoms with E-state index in [1.165, 1.54) is 25.9 Å². The third-order valence-corrected chi connectivity index (χ3v) is 4.06. The number of likely N-dealkylation sites (tertiary alicyclic amines) is 1. The topological polar surface area (TPSA) is 18.5 Å². The van der Waals surface area contributed by atoms with Gasteiger partial charge in [-0.2, -0.15) is 0 Å². The number of benzene rings is 1. The van der Waals surface area contributed by atoms with E-state index in [1.54, 1.807) is 0 Å². The normalized spacial score (nSPS) is 20.7. The van der Waals surface area contributed by atoms with Gasteiger partial charge in [0.15, 0.2) is 0 Å². The molecule has 1 aliphatic rings. The van der Waals surface area contributed by atoms with Gasteiger partial charge in [0, 0.05) is 36.4 Å². The van der Waals surface area contributed by atoms with Gasteiger partial charge in [-0.25, -0.2) is 0 Å². The molecule has 1 aromatic rings. The van der Waals surface area contributed by atoms with Crippen LogP contribution < -0.4 is 5.32 Å². The zero-order valence-electron chi connectivity index (χ0n) is 11.9. The molecule has 1 aromatic carbocycles. The highest BCUT2D eigenvalue weighted by atomic mass is 35.5. The van der Waals surface area contributed by atoms with Gasteiger partial charge < -0.3 is 15.1 Å². The minimum atomic E-state index is 0.712. The van der Waals surface area contributed by atoms with Crippen LogP contribution in [0.5, 0.6) is 0 Å². The summed E-state index contributed by atoms with van der Waals surface area (Å²) in [5.74, 6) is 0. The third-order valence-electron chi connectivity index (χ3n) is 3.81. The lowest BCUT2D eigenvalue weighted by Gasteiger charge is -2.36. The van der Waals surface area contributed by atoms with Gasteiger partial charge in [0.1, 0.15) is 0 Å². The maximum absolute atomic E-state index is 5.87. The smallest absolute Gasteiger partial charge is 0.0407 e. The Morgan fingerprint density at radius 1 is 1.32 bits per heavy atom. The molecule has 4 heteroatoms. The molecule has 0 saturated carbocycles. The first kappa shape index (κ1) is 14.6. The number of rotatable bonds is 5. The van der Waals surface area contributed by atoms with E-state index in [9.17, 15) is 0 Å². The molecule has 1 saturated heterocycles.